The zero-order valence-corrected chi connectivity index (χ0v) is 16.8. The first kappa shape index (κ1) is 21.9. The third-order valence-electron chi connectivity index (χ3n) is 4.03. The Morgan fingerprint density at radius 2 is 2.14 bits per heavy atom. The normalized spacial score (nSPS) is 34.8. The van der Waals surface area contributed by atoms with E-state index in [2.05, 4.69) is 4.98 Å². The highest BCUT2D eigenvalue weighted by atomic mass is 35.5. The van der Waals surface area contributed by atoms with E-state index >= 15 is 8.78 Å². The van der Waals surface area contributed by atoms with Crippen LogP contribution in [0.3, 0.4) is 0 Å². The second-order valence-corrected chi connectivity index (χ2v) is 9.75. The first-order chi connectivity index (χ1) is 12.8. The molecule has 15 heteroatoms. The van der Waals surface area contributed by atoms with Gasteiger partial charge in [0.05, 0.1) is 17.7 Å². The number of ether oxygens (including phenoxy) is 1. The number of nitrogens with two attached hydrogens (primary N) is 1. The minimum atomic E-state index is -4.13. The summed E-state index contributed by atoms with van der Waals surface area (Å²) in [6.45, 7) is -1.69. The number of aromatic nitrogens is 2. The number of alkyl halides is 4. The Bertz CT molecular complexity index is 890. The lowest BCUT2D eigenvalue weighted by molar-refractivity contribution is -0.205. The van der Waals surface area contributed by atoms with Gasteiger partial charge in [0.25, 0.3) is 6.43 Å². The lowest BCUT2D eigenvalue weighted by Crippen LogP contribution is -2.57. The third kappa shape index (κ3) is 3.47. The number of nitrogens with zero attached hydrogens (tertiary/aromatic N) is 2. The Morgan fingerprint density at radius 1 is 1.50 bits per heavy atom. The fourth-order valence-corrected chi connectivity index (χ4v) is 5.53. The molecule has 0 radical (unpaired) electrons. The van der Waals surface area contributed by atoms with Gasteiger partial charge in [-0.2, -0.15) is 13.8 Å². The second-order valence-electron chi connectivity index (χ2n) is 6.42. The lowest BCUT2D eigenvalue weighted by Gasteiger charge is -2.41. The van der Waals surface area contributed by atoms with E-state index in [0.717, 1.165) is 6.20 Å². The molecule has 0 bridgehead atoms. The minimum Gasteiger partial charge on any atom is -0.382 e. The van der Waals surface area contributed by atoms with Crippen LogP contribution in [0.2, 0.25) is 5.02 Å². The lowest BCUT2D eigenvalue weighted by atomic mass is 9.96. The van der Waals surface area contributed by atoms with Crippen molar-refractivity contribution >= 4 is 35.9 Å². The van der Waals surface area contributed by atoms with Gasteiger partial charge in [-0.1, -0.05) is 11.6 Å². The molecule has 0 aliphatic carbocycles. The molecule has 2 aliphatic heterocycles. The van der Waals surface area contributed by atoms with E-state index in [9.17, 15) is 13.6 Å². The van der Waals surface area contributed by atoms with Crippen LogP contribution >= 0.6 is 18.3 Å². The molecule has 1 aromatic heterocycles. The van der Waals surface area contributed by atoms with Gasteiger partial charge < -0.3 is 19.5 Å². The van der Waals surface area contributed by atoms with E-state index in [-0.39, 0.29) is 9.59 Å². The highest BCUT2D eigenvalue weighted by Crippen LogP contribution is 2.64. The standard InChI is InChI=1S/C13H15ClF4N3O5PS/c1-5(2)25-27(28)23-4-12(9(15)16)8(26-27)13(17,18)10(24-12)21-3-6(14)7(19)20-11(21)22/h3,5,8-10H,4H2,1-2H3,(H2,19,20,22)/t8-,10?,12-,27?/m0/s1. The zero-order valence-electron chi connectivity index (χ0n) is 14.4. The largest absolute Gasteiger partial charge is 0.382 e. The summed E-state index contributed by atoms with van der Waals surface area (Å²) in [5.41, 5.74) is 1.20. The Morgan fingerprint density at radius 3 is 2.71 bits per heavy atom. The van der Waals surface area contributed by atoms with Crippen molar-refractivity contribution in [3.63, 3.8) is 0 Å². The van der Waals surface area contributed by atoms with Crippen molar-refractivity contribution in [2.45, 2.75) is 50.2 Å². The van der Waals surface area contributed by atoms with E-state index in [4.69, 9.17) is 47.4 Å². The van der Waals surface area contributed by atoms with Crippen molar-refractivity contribution < 1.29 is 35.9 Å². The van der Waals surface area contributed by atoms with Crippen LogP contribution in [0.15, 0.2) is 11.0 Å². The molecule has 3 heterocycles. The average molecular weight is 468 g/mol. The maximum Gasteiger partial charge on any atom is 0.351 e. The summed E-state index contributed by atoms with van der Waals surface area (Å²) in [5.74, 6) is -4.54. The number of anilines is 1. The van der Waals surface area contributed by atoms with Gasteiger partial charge in [-0.25, -0.2) is 13.6 Å². The van der Waals surface area contributed by atoms with Crippen LogP contribution in [-0.2, 0) is 30.1 Å². The number of hydrogen-bond acceptors (Lipinski definition) is 8. The average Bonchev–Trinajstić information content (AvgIpc) is 2.79. The van der Waals surface area contributed by atoms with Gasteiger partial charge in [-0.3, -0.25) is 9.09 Å². The van der Waals surface area contributed by atoms with E-state index in [0.29, 0.717) is 0 Å². The summed E-state index contributed by atoms with van der Waals surface area (Å²) in [4.78, 5) is 15.3. The zero-order chi connectivity index (χ0) is 21.1. The summed E-state index contributed by atoms with van der Waals surface area (Å²) in [6.07, 6.45) is -8.34. The van der Waals surface area contributed by atoms with Crippen molar-refractivity contribution in [3.8, 4) is 0 Å². The van der Waals surface area contributed by atoms with E-state index in [1.54, 1.807) is 13.8 Å². The van der Waals surface area contributed by atoms with Crippen molar-refractivity contribution in [1.82, 2.24) is 9.55 Å². The van der Waals surface area contributed by atoms with Gasteiger partial charge >= 0.3 is 18.3 Å². The van der Waals surface area contributed by atoms with Crippen molar-refractivity contribution in [2.75, 3.05) is 12.3 Å². The Balaban J connectivity index is 2.08. The molecule has 2 aliphatic rings. The third-order valence-corrected chi connectivity index (χ3v) is 6.75. The van der Waals surface area contributed by atoms with Gasteiger partial charge in [0.15, 0.2) is 11.7 Å². The molecule has 158 valence electrons. The SMILES string of the molecule is CC(C)OP1(=S)OC[C@]2(C(F)F)OC(n3cc(Cl)c(N)nc3=O)C(F)(F)[C@H]2O1. The summed E-state index contributed by atoms with van der Waals surface area (Å²) < 4.78 is 78.6. The summed E-state index contributed by atoms with van der Waals surface area (Å²) in [5, 5.41) is -0.342. The number of fused-ring (bicyclic) bond motifs is 1. The van der Waals surface area contributed by atoms with Gasteiger partial charge in [-0.15, -0.1) is 0 Å². The van der Waals surface area contributed by atoms with Gasteiger partial charge in [-0.05, 0) is 25.7 Å². The maximum atomic E-state index is 15.1. The summed E-state index contributed by atoms with van der Waals surface area (Å²) in [6, 6.07) is 0. The first-order valence-corrected chi connectivity index (χ1v) is 10.7. The Labute approximate surface area is 166 Å². The van der Waals surface area contributed by atoms with E-state index in [1.165, 1.54) is 0 Å². The quantitative estimate of drug-likeness (QED) is 0.533. The van der Waals surface area contributed by atoms with E-state index in [1.807, 2.05) is 0 Å². The number of nitrogen functional groups attached to an aromatic ring is 1. The molecule has 28 heavy (non-hydrogen) atoms. The first-order valence-electron chi connectivity index (χ1n) is 7.82. The van der Waals surface area contributed by atoms with Gasteiger partial charge in [0.1, 0.15) is 5.82 Å². The molecule has 2 unspecified atom stereocenters. The molecule has 0 aromatic carbocycles. The van der Waals surface area contributed by atoms with Gasteiger partial charge in [0.2, 0.25) is 6.23 Å². The highest BCUT2D eigenvalue weighted by Gasteiger charge is 2.75. The number of hydrogen-bond donors (Lipinski definition) is 1. The number of rotatable bonds is 4. The van der Waals surface area contributed by atoms with Crippen LogP contribution in [-0.4, -0.2) is 46.3 Å². The predicted molar refractivity (Wildman–Crippen MR) is 93.1 cm³/mol. The van der Waals surface area contributed by atoms with Crippen LogP contribution in [0.4, 0.5) is 23.4 Å². The summed E-state index contributed by atoms with van der Waals surface area (Å²) in [7, 11) is 0. The smallest absolute Gasteiger partial charge is 0.351 e. The second kappa shape index (κ2) is 7.15. The number of halogens is 5. The predicted octanol–water partition coefficient (Wildman–Crippen LogP) is 2.71. The van der Waals surface area contributed by atoms with E-state index < -0.39 is 61.2 Å². The van der Waals surface area contributed by atoms with Crippen LogP contribution in [0.5, 0.6) is 0 Å². The molecule has 8 nitrogen and oxygen atoms in total. The van der Waals surface area contributed by atoms with Gasteiger partial charge in [0, 0.05) is 6.20 Å². The fraction of sp³-hybridized carbons (Fsp3) is 0.692. The minimum absolute atomic E-state index is 0.275. The molecule has 2 N–H and O–H groups in total. The summed E-state index contributed by atoms with van der Waals surface area (Å²) >= 11 is 10.7. The molecular weight excluding hydrogens is 453 g/mol. The molecule has 0 spiro atoms. The Kier molecular flexibility index (Phi) is 5.59. The van der Waals surface area contributed by atoms with Crippen LogP contribution < -0.4 is 11.4 Å². The van der Waals surface area contributed by atoms with Crippen LogP contribution in [0, 0.1) is 0 Å². The topological polar surface area (TPSA) is 97.8 Å². The fourth-order valence-electron chi connectivity index (χ4n) is 2.82. The van der Waals surface area contributed by atoms with Crippen LogP contribution in [0.1, 0.15) is 20.1 Å². The molecule has 4 atom stereocenters. The van der Waals surface area contributed by atoms with Crippen LogP contribution in [0.25, 0.3) is 0 Å². The van der Waals surface area contributed by atoms with Crippen molar-refractivity contribution in [3.05, 3.63) is 21.7 Å². The molecule has 1 aromatic rings. The van der Waals surface area contributed by atoms with Crippen molar-refractivity contribution in [1.29, 1.82) is 0 Å². The maximum absolute atomic E-state index is 15.1. The van der Waals surface area contributed by atoms with Crippen molar-refractivity contribution in [2.24, 2.45) is 0 Å². The molecule has 0 saturated carbocycles. The molecule has 2 saturated heterocycles. The molecular formula is C13H15ClF4N3O5PS. The Hall–Kier alpha value is -0.820. The molecule has 2 fully saturated rings. The molecule has 0 amide bonds. The highest BCUT2D eigenvalue weighted by molar-refractivity contribution is 8.07. The monoisotopic (exact) mass is 467 g/mol. The molecule has 3 rings (SSSR count).